The summed E-state index contributed by atoms with van der Waals surface area (Å²) in [6.45, 7) is 0. The predicted octanol–water partition coefficient (Wildman–Crippen LogP) is 7.97. The summed E-state index contributed by atoms with van der Waals surface area (Å²) in [5, 5.41) is 11.1. The van der Waals surface area contributed by atoms with Gasteiger partial charge in [0.05, 0.1) is 11.2 Å². The summed E-state index contributed by atoms with van der Waals surface area (Å²) in [5.41, 5.74) is 5.59. The Hall–Kier alpha value is -5.27. The lowest BCUT2D eigenvalue weighted by molar-refractivity contribution is 0.824. The van der Waals surface area contributed by atoms with Gasteiger partial charge in [-0.15, -0.1) is 16.4 Å². The van der Waals surface area contributed by atoms with Crippen molar-refractivity contribution in [2.45, 2.75) is 0 Å². The van der Waals surface area contributed by atoms with Gasteiger partial charge in [0.1, 0.15) is 5.52 Å². The van der Waals surface area contributed by atoms with Crippen LogP contribution in [0.25, 0.3) is 71.1 Å². The highest BCUT2D eigenvalue weighted by Crippen LogP contribution is 2.39. The van der Waals surface area contributed by atoms with E-state index in [0.717, 1.165) is 33.4 Å². The smallest absolute Gasteiger partial charge is 0.165 e. The molecule has 0 spiro atoms. The van der Waals surface area contributed by atoms with Crippen LogP contribution in [-0.2, 0) is 0 Å². The van der Waals surface area contributed by atoms with E-state index in [4.69, 9.17) is 15.0 Å². The average molecular weight is 533 g/mol. The molecule has 188 valence electrons. The van der Waals surface area contributed by atoms with E-state index in [0.29, 0.717) is 17.5 Å². The normalized spacial score (nSPS) is 11.5. The summed E-state index contributed by atoms with van der Waals surface area (Å²) < 4.78 is 4.27. The molecule has 0 N–H and O–H groups in total. The van der Waals surface area contributed by atoms with Gasteiger partial charge in [-0.05, 0) is 48.5 Å². The summed E-state index contributed by atoms with van der Waals surface area (Å²) in [4.78, 5) is 14.9. The van der Waals surface area contributed by atoms with Crippen molar-refractivity contribution >= 4 is 42.5 Å². The number of thiophene rings is 1. The van der Waals surface area contributed by atoms with Gasteiger partial charge in [-0.25, -0.2) is 19.6 Å². The first-order valence-electron chi connectivity index (χ1n) is 13.0. The summed E-state index contributed by atoms with van der Waals surface area (Å²) in [6, 6.07) is 41.0. The molecule has 6 nitrogen and oxygen atoms in total. The topological polar surface area (TPSA) is 69.4 Å². The van der Waals surface area contributed by atoms with E-state index in [2.05, 4.69) is 52.8 Å². The van der Waals surface area contributed by atoms with Crippen LogP contribution in [0.1, 0.15) is 0 Å². The van der Waals surface area contributed by atoms with Crippen LogP contribution < -0.4 is 0 Å². The van der Waals surface area contributed by atoms with Crippen LogP contribution in [0.15, 0.2) is 121 Å². The number of para-hydroxylation sites is 1. The fourth-order valence-electron chi connectivity index (χ4n) is 5.08. The zero-order valence-electron chi connectivity index (χ0n) is 21.1. The van der Waals surface area contributed by atoms with Gasteiger partial charge in [0.15, 0.2) is 17.5 Å². The third-order valence-corrected chi connectivity index (χ3v) is 8.25. The number of nitrogens with zero attached hydrogens (tertiary/aromatic N) is 6. The van der Waals surface area contributed by atoms with E-state index in [1.54, 1.807) is 11.3 Å². The van der Waals surface area contributed by atoms with E-state index < -0.39 is 0 Å². The molecule has 0 aliphatic heterocycles. The minimum absolute atomic E-state index is 0.622. The van der Waals surface area contributed by atoms with Crippen molar-refractivity contribution in [1.82, 2.24) is 29.9 Å². The first-order chi connectivity index (χ1) is 19.8. The second kappa shape index (κ2) is 9.18. The van der Waals surface area contributed by atoms with Crippen LogP contribution >= 0.6 is 11.3 Å². The van der Waals surface area contributed by atoms with Gasteiger partial charge in [0, 0.05) is 36.9 Å². The molecular weight excluding hydrogens is 512 g/mol. The molecule has 8 rings (SSSR count). The molecule has 0 saturated carbocycles. The zero-order valence-corrected chi connectivity index (χ0v) is 22.0. The van der Waals surface area contributed by atoms with Crippen molar-refractivity contribution in [3.63, 3.8) is 0 Å². The molecule has 5 aromatic carbocycles. The molecular formula is C33H20N6S. The van der Waals surface area contributed by atoms with Crippen molar-refractivity contribution in [2.24, 2.45) is 0 Å². The van der Waals surface area contributed by atoms with Gasteiger partial charge in [-0.3, -0.25) is 0 Å². The Morgan fingerprint density at radius 2 is 1.20 bits per heavy atom. The Kier molecular flexibility index (Phi) is 5.21. The van der Waals surface area contributed by atoms with Crippen molar-refractivity contribution < 1.29 is 0 Å². The Morgan fingerprint density at radius 1 is 0.525 bits per heavy atom. The van der Waals surface area contributed by atoms with E-state index >= 15 is 0 Å². The molecule has 0 bridgehead atoms. The maximum absolute atomic E-state index is 5.01. The second-order valence-electron chi connectivity index (χ2n) is 9.49. The molecule has 0 radical (unpaired) electrons. The lowest BCUT2D eigenvalue weighted by Crippen LogP contribution is -2.01. The number of aromatic nitrogens is 6. The Morgan fingerprint density at radius 3 is 2.05 bits per heavy atom. The highest BCUT2D eigenvalue weighted by atomic mass is 32.1. The maximum atomic E-state index is 5.01. The Bertz CT molecular complexity index is 2160. The maximum Gasteiger partial charge on any atom is 0.165 e. The van der Waals surface area contributed by atoms with Crippen molar-refractivity contribution in [1.29, 1.82) is 0 Å². The average Bonchev–Trinajstić information content (AvgIpc) is 3.63. The molecule has 3 aromatic heterocycles. The van der Waals surface area contributed by atoms with Gasteiger partial charge in [0.25, 0.3) is 0 Å². The summed E-state index contributed by atoms with van der Waals surface area (Å²) in [6.07, 6.45) is 0. The number of fused-ring (bicyclic) bond motifs is 4. The third-order valence-electron chi connectivity index (χ3n) is 7.03. The molecule has 40 heavy (non-hydrogen) atoms. The number of hydrogen-bond donors (Lipinski definition) is 0. The molecule has 0 amide bonds. The largest absolute Gasteiger partial charge is 0.213 e. The van der Waals surface area contributed by atoms with Gasteiger partial charge >= 0.3 is 0 Å². The van der Waals surface area contributed by atoms with Crippen LogP contribution in [-0.4, -0.2) is 29.9 Å². The van der Waals surface area contributed by atoms with Gasteiger partial charge in [0.2, 0.25) is 0 Å². The first kappa shape index (κ1) is 22.7. The minimum atomic E-state index is 0.622. The van der Waals surface area contributed by atoms with E-state index in [1.165, 1.54) is 20.2 Å². The van der Waals surface area contributed by atoms with Crippen molar-refractivity contribution in [3.8, 4) is 39.9 Å². The summed E-state index contributed by atoms with van der Waals surface area (Å²) >= 11 is 1.77. The van der Waals surface area contributed by atoms with Crippen LogP contribution in [0.4, 0.5) is 0 Å². The quantitative estimate of drug-likeness (QED) is 0.230. The molecule has 0 atom stereocenters. The molecule has 8 aromatic rings. The molecule has 3 heterocycles. The standard InChI is InChI=1S/C33H20N6S/c1-2-9-21(10-3-1)31-34-32(22-17-19-23(20-18-22)39-28-15-6-5-14-27(28)37-38-39)36-33(35-31)26-13-8-12-25-24-11-4-7-16-29(24)40-30(25)26/h1-20H. The Labute approximate surface area is 233 Å². The van der Waals surface area contributed by atoms with Crippen LogP contribution in [0.3, 0.4) is 0 Å². The van der Waals surface area contributed by atoms with Crippen LogP contribution in [0.5, 0.6) is 0 Å². The Balaban J connectivity index is 1.29. The van der Waals surface area contributed by atoms with E-state index in [1.807, 2.05) is 83.5 Å². The highest BCUT2D eigenvalue weighted by Gasteiger charge is 2.16. The molecule has 0 unspecified atom stereocenters. The van der Waals surface area contributed by atoms with Crippen molar-refractivity contribution in [3.05, 3.63) is 121 Å². The third kappa shape index (κ3) is 3.75. The lowest BCUT2D eigenvalue weighted by Gasteiger charge is -2.10. The van der Waals surface area contributed by atoms with Gasteiger partial charge in [-0.2, -0.15) is 0 Å². The number of rotatable bonds is 4. The summed E-state index contributed by atoms with van der Waals surface area (Å²) in [7, 11) is 0. The first-order valence-corrected chi connectivity index (χ1v) is 13.8. The monoisotopic (exact) mass is 532 g/mol. The lowest BCUT2D eigenvalue weighted by atomic mass is 10.1. The molecule has 0 saturated heterocycles. The highest BCUT2D eigenvalue weighted by molar-refractivity contribution is 7.26. The SMILES string of the molecule is c1ccc(-c2nc(-c3ccc(-n4nnc5ccccc54)cc3)nc(-c3cccc4c3sc3ccccc34)n2)cc1. The molecule has 0 aliphatic carbocycles. The summed E-state index contributed by atoms with van der Waals surface area (Å²) in [5.74, 6) is 1.93. The van der Waals surface area contributed by atoms with Crippen LogP contribution in [0, 0.1) is 0 Å². The number of benzene rings is 5. The fourth-order valence-corrected chi connectivity index (χ4v) is 6.29. The fraction of sp³-hybridized carbons (Fsp3) is 0. The van der Waals surface area contributed by atoms with Crippen LogP contribution in [0.2, 0.25) is 0 Å². The van der Waals surface area contributed by atoms with Crippen molar-refractivity contribution in [2.75, 3.05) is 0 Å². The second-order valence-corrected chi connectivity index (χ2v) is 10.5. The van der Waals surface area contributed by atoms with Gasteiger partial charge < -0.3 is 0 Å². The predicted molar refractivity (Wildman–Crippen MR) is 161 cm³/mol. The van der Waals surface area contributed by atoms with E-state index in [9.17, 15) is 0 Å². The zero-order chi connectivity index (χ0) is 26.5. The minimum Gasteiger partial charge on any atom is -0.213 e. The van der Waals surface area contributed by atoms with Gasteiger partial charge in [-0.1, -0.05) is 78.0 Å². The molecule has 0 aliphatic rings. The molecule has 0 fully saturated rings. The molecule has 7 heteroatoms. The van der Waals surface area contributed by atoms with E-state index in [-0.39, 0.29) is 0 Å². The number of hydrogen-bond acceptors (Lipinski definition) is 6.